The van der Waals surface area contributed by atoms with Gasteiger partial charge in [0.05, 0.1) is 48.0 Å². The SMILES string of the molecule is COc1cc2nc(CCn3c(=O)n4n(c3=O)[C@@H]3CC5=C(C(=O)C(I)=CC5=O)[C@@H](c5ccccc5OCCO)C3=CC4)c(=O)n(C)c2cc1OC. The molecule has 4 aromatic rings. The number of Topliss-reactive ketones (excluding diaryl/α,β-unsaturated/α-hetero) is 1. The lowest BCUT2D eigenvalue weighted by Gasteiger charge is -2.39. The van der Waals surface area contributed by atoms with Crippen molar-refractivity contribution in [3.8, 4) is 17.2 Å². The Bertz CT molecular complexity index is 2390. The van der Waals surface area contributed by atoms with Crippen molar-refractivity contribution in [1.82, 2.24) is 23.5 Å². The molecule has 0 saturated heterocycles. The van der Waals surface area contributed by atoms with E-state index >= 15 is 0 Å². The second kappa shape index (κ2) is 13.0. The maximum atomic E-state index is 14.1. The number of ether oxygens (including phenoxy) is 3. The van der Waals surface area contributed by atoms with Gasteiger partial charge in [-0.2, -0.15) is 0 Å². The van der Waals surface area contributed by atoms with E-state index in [9.17, 15) is 29.1 Å². The first kappa shape index (κ1) is 33.5. The Hall–Kier alpha value is -5.03. The highest BCUT2D eigenvalue weighted by molar-refractivity contribution is 14.1. The summed E-state index contributed by atoms with van der Waals surface area (Å²) in [7, 11) is 4.60. The number of ketones is 2. The van der Waals surface area contributed by atoms with Gasteiger partial charge in [0.25, 0.3) is 5.56 Å². The first-order valence-electron chi connectivity index (χ1n) is 15.8. The number of nitrogens with zero attached hydrogens (tertiary/aromatic N) is 5. The minimum absolute atomic E-state index is 0.00914. The summed E-state index contributed by atoms with van der Waals surface area (Å²) in [5, 5.41) is 9.46. The Balaban J connectivity index is 1.30. The molecule has 14 nitrogen and oxygen atoms in total. The van der Waals surface area contributed by atoms with E-state index in [1.54, 1.807) is 43.4 Å². The molecule has 50 heavy (non-hydrogen) atoms. The van der Waals surface area contributed by atoms with Gasteiger partial charge in [0.15, 0.2) is 23.1 Å². The van der Waals surface area contributed by atoms with Crippen LogP contribution in [0.1, 0.15) is 29.6 Å². The van der Waals surface area contributed by atoms with E-state index in [0.717, 1.165) is 4.57 Å². The van der Waals surface area contributed by atoms with Gasteiger partial charge >= 0.3 is 11.4 Å². The highest BCUT2D eigenvalue weighted by atomic mass is 127. The normalized spacial score (nSPS) is 18.3. The Morgan fingerprint density at radius 3 is 2.48 bits per heavy atom. The van der Waals surface area contributed by atoms with Crippen LogP contribution in [0.3, 0.4) is 0 Å². The van der Waals surface area contributed by atoms with Crippen molar-refractivity contribution in [1.29, 1.82) is 0 Å². The number of rotatable bonds is 9. The van der Waals surface area contributed by atoms with Crippen LogP contribution in [0.25, 0.3) is 11.0 Å². The van der Waals surface area contributed by atoms with E-state index in [0.29, 0.717) is 45.0 Å². The molecule has 2 aromatic carbocycles. The summed E-state index contributed by atoms with van der Waals surface area (Å²) in [6.07, 6.45) is 3.15. The van der Waals surface area contributed by atoms with Crippen LogP contribution in [0, 0.1) is 0 Å². The smallest absolute Gasteiger partial charge is 0.347 e. The number of methoxy groups -OCH3 is 2. The number of aliphatic hydroxyl groups excluding tert-OH is 1. The number of fused-ring (bicyclic) bond motifs is 4. The third-order valence-electron chi connectivity index (χ3n) is 9.48. The number of carbonyl (C=O) groups is 2. The zero-order valence-corrected chi connectivity index (χ0v) is 29.5. The van der Waals surface area contributed by atoms with Crippen molar-refractivity contribution in [3.63, 3.8) is 0 Å². The van der Waals surface area contributed by atoms with E-state index in [-0.39, 0.29) is 71.1 Å². The number of aryl methyl sites for hydroxylation is 2. The second-order valence-corrected chi connectivity index (χ2v) is 13.2. The van der Waals surface area contributed by atoms with Gasteiger partial charge in [0.2, 0.25) is 0 Å². The van der Waals surface area contributed by atoms with Gasteiger partial charge in [-0.1, -0.05) is 24.3 Å². The van der Waals surface area contributed by atoms with Crippen molar-refractivity contribution in [3.05, 3.63) is 111 Å². The van der Waals surface area contributed by atoms with Crippen LogP contribution < -0.4 is 31.1 Å². The molecule has 0 unspecified atom stereocenters. The highest BCUT2D eigenvalue weighted by Gasteiger charge is 2.45. The van der Waals surface area contributed by atoms with Crippen molar-refractivity contribution >= 4 is 45.2 Å². The van der Waals surface area contributed by atoms with Crippen molar-refractivity contribution < 1.29 is 28.9 Å². The first-order valence-corrected chi connectivity index (χ1v) is 16.9. The van der Waals surface area contributed by atoms with E-state index in [4.69, 9.17) is 14.2 Å². The molecular weight excluding hydrogens is 761 g/mol. The molecule has 3 heterocycles. The molecule has 0 spiro atoms. The maximum absolute atomic E-state index is 14.1. The molecule has 0 bridgehead atoms. The molecule has 0 amide bonds. The summed E-state index contributed by atoms with van der Waals surface area (Å²) in [4.78, 5) is 73.0. The Morgan fingerprint density at radius 1 is 1.00 bits per heavy atom. The Kier molecular flexibility index (Phi) is 8.71. The van der Waals surface area contributed by atoms with E-state index in [1.165, 1.54) is 34.2 Å². The first-order chi connectivity index (χ1) is 24.1. The number of hydrogen-bond acceptors (Lipinski definition) is 10. The third-order valence-corrected chi connectivity index (χ3v) is 10.3. The fourth-order valence-electron chi connectivity index (χ4n) is 7.16. The van der Waals surface area contributed by atoms with Gasteiger partial charge in [-0.15, -0.1) is 0 Å². The molecular formula is C35H32IN5O9. The number of allylic oxidation sites excluding steroid dienone is 6. The molecule has 1 aliphatic heterocycles. The fourth-order valence-corrected chi connectivity index (χ4v) is 7.73. The minimum Gasteiger partial charge on any atom is -0.493 e. The minimum atomic E-state index is -0.755. The van der Waals surface area contributed by atoms with Gasteiger partial charge in [0.1, 0.15) is 18.1 Å². The van der Waals surface area contributed by atoms with Gasteiger partial charge in [-0.3, -0.25) is 14.4 Å². The number of aromatic nitrogens is 5. The molecule has 0 saturated carbocycles. The van der Waals surface area contributed by atoms with Crippen molar-refractivity contribution in [2.75, 3.05) is 27.4 Å². The average molecular weight is 794 g/mol. The van der Waals surface area contributed by atoms with Crippen LogP contribution in [0.5, 0.6) is 17.2 Å². The predicted octanol–water partition coefficient (Wildman–Crippen LogP) is 2.13. The van der Waals surface area contributed by atoms with Gasteiger partial charge in [-0.05, 0) is 34.2 Å². The number of benzene rings is 2. The number of aliphatic hydroxyl groups is 1. The molecule has 7 rings (SSSR count). The Labute approximate surface area is 297 Å². The number of carbonyl (C=O) groups excluding carboxylic acids is 2. The lowest BCUT2D eigenvalue weighted by molar-refractivity contribution is -0.115. The van der Waals surface area contributed by atoms with E-state index in [1.807, 2.05) is 28.7 Å². The van der Waals surface area contributed by atoms with Crippen LogP contribution in [-0.4, -0.2) is 67.6 Å². The van der Waals surface area contributed by atoms with Crippen LogP contribution in [-0.2, 0) is 36.1 Å². The summed E-state index contributed by atoms with van der Waals surface area (Å²) in [5.41, 5.74) is 1.48. The number of halogens is 1. The summed E-state index contributed by atoms with van der Waals surface area (Å²) in [6, 6.07) is 9.65. The van der Waals surface area contributed by atoms with Crippen LogP contribution in [0.4, 0.5) is 0 Å². The maximum Gasteiger partial charge on any atom is 0.347 e. The lowest BCUT2D eigenvalue weighted by atomic mass is 9.68. The largest absolute Gasteiger partial charge is 0.493 e. The molecule has 2 aliphatic carbocycles. The highest BCUT2D eigenvalue weighted by Crippen LogP contribution is 2.51. The quantitative estimate of drug-likeness (QED) is 0.151. The van der Waals surface area contributed by atoms with Crippen molar-refractivity contribution in [2.45, 2.75) is 37.9 Å². The fraction of sp³-hybridized carbons (Fsp3) is 0.314. The van der Waals surface area contributed by atoms with Gasteiger partial charge in [-0.25, -0.2) is 28.5 Å². The van der Waals surface area contributed by atoms with Gasteiger partial charge in [0, 0.05) is 67.3 Å². The molecule has 258 valence electrons. The lowest BCUT2D eigenvalue weighted by Crippen LogP contribution is -2.40. The predicted molar refractivity (Wildman–Crippen MR) is 189 cm³/mol. The van der Waals surface area contributed by atoms with Crippen LogP contribution >= 0.6 is 22.6 Å². The number of hydrogen-bond donors (Lipinski definition) is 1. The Morgan fingerprint density at radius 2 is 1.74 bits per heavy atom. The van der Waals surface area contributed by atoms with E-state index < -0.39 is 23.3 Å². The average Bonchev–Trinajstić information content (AvgIpc) is 3.37. The molecule has 15 heteroatoms. The molecule has 3 aliphatic rings. The zero-order valence-electron chi connectivity index (χ0n) is 27.3. The van der Waals surface area contributed by atoms with Crippen LogP contribution in [0.2, 0.25) is 0 Å². The molecule has 0 fully saturated rings. The summed E-state index contributed by atoms with van der Waals surface area (Å²) in [6.45, 7) is -0.295. The van der Waals surface area contributed by atoms with E-state index in [2.05, 4.69) is 4.98 Å². The topological polar surface area (TPSA) is 166 Å². The molecule has 0 radical (unpaired) electrons. The third kappa shape index (κ3) is 5.26. The molecule has 2 aromatic heterocycles. The monoisotopic (exact) mass is 793 g/mol. The summed E-state index contributed by atoms with van der Waals surface area (Å²) < 4.78 is 22.1. The van der Waals surface area contributed by atoms with Crippen LogP contribution in [0.15, 0.2) is 83.2 Å². The summed E-state index contributed by atoms with van der Waals surface area (Å²) in [5.74, 6) is -0.0528. The van der Waals surface area contributed by atoms with Crippen molar-refractivity contribution in [2.24, 2.45) is 7.05 Å². The second-order valence-electron chi connectivity index (χ2n) is 12.1. The molecule has 1 N–H and O–H groups in total. The number of para-hydroxylation sites is 1. The summed E-state index contributed by atoms with van der Waals surface area (Å²) >= 11 is 1.87. The zero-order chi connectivity index (χ0) is 35.4. The standard InChI is InChI=1S/C35H32IN5O9/c1-38-25-17-29(49-3)28(48-2)16-23(25)37-22(33(38)45)9-10-39-34(46)40-11-8-18-24(41(40)35(39)47)14-20-26(43)15-21(36)32(44)31(20)30(18)19-6-4-5-7-27(19)50-13-12-42/h4-8,15-17,24,30,42H,9-14H2,1-3H3/t24-,30-/m1/s1. The molecule has 2 atom stereocenters. The van der Waals surface area contributed by atoms with Gasteiger partial charge < -0.3 is 23.9 Å².